The lowest BCUT2D eigenvalue weighted by Gasteiger charge is -2.23. The third-order valence-corrected chi connectivity index (χ3v) is 6.14. The fourth-order valence-corrected chi connectivity index (χ4v) is 4.28. The van der Waals surface area contributed by atoms with E-state index in [9.17, 15) is 24.8 Å². The quantitative estimate of drug-likeness (QED) is 0.206. The maximum Gasteiger partial charge on any atom is 0.343 e. The number of carbonyl (C=O) groups excluding carboxylic acids is 2. The summed E-state index contributed by atoms with van der Waals surface area (Å²) >= 11 is 0. The lowest BCUT2D eigenvalue weighted by molar-refractivity contribution is -0.383. The summed E-state index contributed by atoms with van der Waals surface area (Å²) in [6.07, 6.45) is 3.54. The highest BCUT2D eigenvalue weighted by molar-refractivity contribution is 6.10. The van der Waals surface area contributed by atoms with Gasteiger partial charge in [0.25, 0.3) is 5.69 Å². The summed E-state index contributed by atoms with van der Waals surface area (Å²) in [6.45, 7) is 0. The highest BCUT2D eigenvalue weighted by atomic mass is 16.6. The Balaban J connectivity index is 1.47. The molecular formula is C28H21N5O5. The number of nitrogens with zero attached hydrogens (tertiary/aromatic N) is 4. The number of aromatic nitrogens is 1. The summed E-state index contributed by atoms with van der Waals surface area (Å²) in [5.74, 6) is -0.385. The van der Waals surface area contributed by atoms with Gasteiger partial charge in [-0.3, -0.25) is 19.9 Å². The van der Waals surface area contributed by atoms with Gasteiger partial charge in [-0.15, -0.1) is 0 Å². The number of anilines is 1. The average molecular weight is 508 g/mol. The Morgan fingerprint density at radius 1 is 0.974 bits per heavy atom. The van der Waals surface area contributed by atoms with Gasteiger partial charge in [0.05, 0.1) is 16.7 Å². The molecule has 1 atom stereocenters. The predicted octanol–water partition coefficient (Wildman–Crippen LogP) is 5.31. The first-order valence-corrected chi connectivity index (χ1v) is 11.7. The van der Waals surface area contributed by atoms with E-state index in [1.807, 2.05) is 6.07 Å². The monoisotopic (exact) mass is 507 g/mol. The molecule has 1 aromatic heterocycles. The van der Waals surface area contributed by atoms with Gasteiger partial charge in [-0.2, -0.15) is 5.10 Å². The van der Waals surface area contributed by atoms with Gasteiger partial charge in [0.2, 0.25) is 0 Å². The summed E-state index contributed by atoms with van der Waals surface area (Å²) in [5.41, 5.74) is 1.73. The number of urea groups is 1. The van der Waals surface area contributed by atoms with Crippen molar-refractivity contribution in [3.05, 3.63) is 130 Å². The van der Waals surface area contributed by atoms with E-state index in [1.165, 1.54) is 18.2 Å². The van der Waals surface area contributed by atoms with Crippen LogP contribution in [0, 0.1) is 10.1 Å². The molecule has 0 fully saturated rings. The van der Waals surface area contributed by atoms with Crippen LogP contribution in [0.15, 0.2) is 102 Å². The molecule has 0 bridgehead atoms. The number of nitro groups is 1. The van der Waals surface area contributed by atoms with E-state index in [1.54, 1.807) is 67.0 Å². The molecule has 5 rings (SSSR count). The van der Waals surface area contributed by atoms with Crippen molar-refractivity contribution < 1.29 is 19.6 Å². The molecule has 38 heavy (non-hydrogen) atoms. The van der Waals surface area contributed by atoms with E-state index >= 15 is 0 Å². The molecular weight excluding hydrogens is 486 g/mol. The average Bonchev–Trinajstić information content (AvgIpc) is 3.39. The standard InChI is InChI=1S/C28H21N5O5/c34-26-11-5-4-10-21(26)24-16-23(20-9-6-14-29-17-20)31-32(24)28(36)30-22-13-12-19(15-25(22)33(37)38)27(35)18-7-2-1-3-8-18/h1-15,17,24,34H,16H2,(H,30,36). The van der Waals surface area contributed by atoms with Crippen LogP contribution in [0.25, 0.3) is 0 Å². The third kappa shape index (κ3) is 4.82. The molecule has 1 unspecified atom stereocenters. The topological polar surface area (TPSA) is 138 Å². The van der Waals surface area contributed by atoms with E-state index in [0.717, 1.165) is 11.1 Å². The van der Waals surface area contributed by atoms with Crippen molar-refractivity contribution in [3.8, 4) is 5.75 Å². The smallest absolute Gasteiger partial charge is 0.343 e. The minimum Gasteiger partial charge on any atom is -0.508 e. The summed E-state index contributed by atoms with van der Waals surface area (Å²) in [6, 6.07) is 21.1. The number of amides is 2. The molecule has 2 amide bonds. The van der Waals surface area contributed by atoms with Crippen molar-refractivity contribution in [2.75, 3.05) is 5.32 Å². The van der Waals surface area contributed by atoms with Crippen LogP contribution in [0.5, 0.6) is 5.75 Å². The van der Waals surface area contributed by atoms with Gasteiger partial charge in [0.1, 0.15) is 11.4 Å². The van der Waals surface area contributed by atoms with Crippen LogP contribution in [0.4, 0.5) is 16.2 Å². The second kappa shape index (κ2) is 10.3. The van der Waals surface area contributed by atoms with Crippen molar-refractivity contribution in [1.29, 1.82) is 0 Å². The van der Waals surface area contributed by atoms with Gasteiger partial charge in [-0.05, 0) is 24.3 Å². The van der Waals surface area contributed by atoms with Crippen molar-refractivity contribution in [2.45, 2.75) is 12.5 Å². The molecule has 0 spiro atoms. The number of carbonyl (C=O) groups is 2. The molecule has 2 heterocycles. The Morgan fingerprint density at radius 2 is 1.74 bits per heavy atom. The molecule has 4 aromatic rings. The SMILES string of the molecule is O=C(c1ccccc1)c1ccc(NC(=O)N2N=C(c3cccnc3)CC2c2ccccc2O)c([N+](=O)[O-])c1. The first-order valence-electron chi connectivity index (χ1n) is 11.7. The lowest BCUT2D eigenvalue weighted by Crippen LogP contribution is -2.31. The lowest BCUT2D eigenvalue weighted by atomic mass is 9.98. The molecule has 188 valence electrons. The molecule has 0 aliphatic carbocycles. The first-order chi connectivity index (χ1) is 18.4. The summed E-state index contributed by atoms with van der Waals surface area (Å²) < 4.78 is 0. The van der Waals surface area contributed by atoms with Gasteiger partial charge in [-0.1, -0.05) is 54.6 Å². The van der Waals surface area contributed by atoms with E-state index in [2.05, 4.69) is 15.4 Å². The van der Waals surface area contributed by atoms with Crippen LogP contribution in [0.1, 0.15) is 39.5 Å². The van der Waals surface area contributed by atoms with Gasteiger partial charge >= 0.3 is 6.03 Å². The zero-order valence-electron chi connectivity index (χ0n) is 19.9. The number of pyridine rings is 1. The van der Waals surface area contributed by atoms with E-state index in [-0.39, 0.29) is 22.8 Å². The van der Waals surface area contributed by atoms with Crippen LogP contribution in [0.2, 0.25) is 0 Å². The summed E-state index contributed by atoms with van der Waals surface area (Å²) in [7, 11) is 0. The number of aromatic hydroxyl groups is 1. The normalized spacial score (nSPS) is 14.6. The fraction of sp³-hybridized carbons (Fsp3) is 0.0714. The van der Waals surface area contributed by atoms with Crippen molar-refractivity contribution in [1.82, 2.24) is 9.99 Å². The maximum atomic E-state index is 13.4. The summed E-state index contributed by atoms with van der Waals surface area (Å²) in [5, 5.41) is 30.5. The van der Waals surface area contributed by atoms with Crippen LogP contribution in [0.3, 0.4) is 0 Å². The van der Waals surface area contributed by atoms with Gasteiger partial charge in [0, 0.05) is 47.1 Å². The molecule has 0 saturated carbocycles. The van der Waals surface area contributed by atoms with Crippen molar-refractivity contribution in [3.63, 3.8) is 0 Å². The molecule has 0 radical (unpaired) electrons. The molecule has 1 aliphatic rings. The van der Waals surface area contributed by atoms with E-state index < -0.39 is 22.7 Å². The zero-order chi connectivity index (χ0) is 26.6. The zero-order valence-corrected chi connectivity index (χ0v) is 19.9. The third-order valence-electron chi connectivity index (χ3n) is 6.14. The van der Waals surface area contributed by atoms with Crippen LogP contribution >= 0.6 is 0 Å². The Labute approximate surface area is 217 Å². The number of rotatable bonds is 6. The van der Waals surface area contributed by atoms with E-state index in [4.69, 9.17) is 0 Å². The number of para-hydroxylation sites is 1. The summed E-state index contributed by atoms with van der Waals surface area (Å²) in [4.78, 5) is 41.5. The molecule has 0 saturated heterocycles. The first kappa shape index (κ1) is 24.3. The second-order valence-corrected chi connectivity index (χ2v) is 8.53. The molecule has 1 aliphatic heterocycles. The number of ketones is 1. The van der Waals surface area contributed by atoms with Crippen LogP contribution < -0.4 is 5.32 Å². The number of nitro benzene ring substituents is 1. The number of hydrogen-bond acceptors (Lipinski definition) is 7. The number of nitrogens with one attached hydrogen (secondary N) is 1. The molecule has 2 N–H and O–H groups in total. The number of benzene rings is 3. The Hall–Kier alpha value is -5.38. The van der Waals surface area contributed by atoms with Crippen molar-refractivity contribution in [2.24, 2.45) is 5.10 Å². The van der Waals surface area contributed by atoms with Gasteiger partial charge < -0.3 is 10.4 Å². The minimum atomic E-state index is -0.734. The second-order valence-electron chi connectivity index (χ2n) is 8.53. The highest BCUT2D eigenvalue weighted by Crippen LogP contribution is 2.37. The number of phenolic OH excluding ortho intramolecular Hbond substituents is 1. The van der Waals surface area contributed by atoms with Crippen LogP contribution in [-0.4, -0.2) is 37.5 Å². The minimum absolute atomic E-state index is 0.00676. The maximum absolute atomic E-state index is 13.4. The Kier molecular flexibility index (Phi) is 6.60. The molecule has 3 aromatic carbocycles. The predicted molar refractivity (Wildman–Crippen MR) is 140 cm³/mol. The fourth-order valence-electron chi connectivity index (χ4n) is 4.28. The van der Waals surface area contributed by atoms with Crippen molar-refractivity contribution >= 4 is 28.9 Å². The Bertz CT molecular complexity index is 1560. The van der Waals surface area contributed by atoms with E-state index in [0.29, 0.717) is 28.8 Å². The number of phenols is 1. The molecule has 10 heteroatoms. The largest absolute Gasteiger partial charge is 0.508 e. The molecule has 10 nitrogen and oxygen atoms in total. The highest BCUT2D eigenvalue weighted by Gasteiger charge is 2.35. The Morgan fingerprint density at radius 3 is 2.45 bits per heavy atom. The van der Waals surface area contributed by atoms with Crippen LogP contribution in [-0.2, 0) is 0 Å². The number of hydrogen-bond donors (Lipinski definition) is 2. The van der Waals surface area contributed by atoms with Gasteiger partial charge in [-0.25, -0.2) is 9.80 Å². The number of hydrazone groups is 1. The van der Waals surface area contributed by atoms with Gasteiger partial charge in [0.15, 0.2) is 5.78 Å².